The third-order valence-electron chi connectivity index (χ3n) is 4.06. The summed E-state index contributed by atoms with van der Waals surface area (Å²) < 4.78 is 5.23. The quantitative estimate of drug-likeness (QED) is 0.616. The lowest BCUT2D eigenvalue weighted by molar-refractivity contribution is -0.135. The van der Waals surface area contributed by atoms with Crippen molar-refractivity contribution in [3.05, 3.63) is 83.9 Å². The molecule has 0 aliphatic heterocycles. The third-order valence-corrected chi connectivity index (χ3v) is 4.06. The number of carboxylic acid groups (broad SMARTS) is 1. The molecular formula is C21H17N3O5. The van der Waals surface area contributed by atoms with E-state index >= 15 is 0 Å². The summed E-state index contributed by atoms with van der Waals surface area (Å²) in [4.78, 5) is 46.2. The van der Waals surface area contributed by atoms with Crippen LogP contribution in [-0.2, 0) is 4.79 Å². The van der Waals surface area contributed by atoms with Crippen LogP contribution in [0.4, 0.5) is 5.69 Å². The average molecular weight is 391 g/mol. The summed E-state index contributed by atoms with van der Waals surface area (Å²) in [5.41, 5.74) is 0.904. The van der Waals surface area contributed by atoms with Crippen LogP contribution in [0.1, 0.15) is 26.4 Å². The van der Waals surface area contributed by atoms with Crippen molar-refractivity contribution in [2.75, 3.05) is 18.6 Å². The minimum Gasteiger partial charge on any atom is -0.497 e. The molecule has 3 aromatic rings. The van der Waals surface area contributed by atoms with Crippen LogP contribution in [0.2, 0.25) is 0 Å². The van der Waals surface area contributed by atoms with Gasteiger partial charge in [0.05, 0.1) is 7.11 Å². The summed E-state index contributed by atoms with van der Waals surface area (Å²) in [5.74, 6) is -1.86. The number of ether oxygens (including phenoxy) is 1. The van der Waals surface area contributed by atoms with Gasteiger partial charge in [0.25, 0.3) is 5.91 Å². The average Bonchev–Trinajstić information content (AvgIpc) is 2.77. The van der Waals surface area contributed by atoms with Gasteiger partial charge in [0.2, 0.25) is 5.78 Å². The molecule has 0 saturated heterocycles. The molecule has 1 aromatic carbocycles. The van der Waals surface area contributed by atoms with E-state index in [0.717, 1.165) is 4.90 Å². The molecule has 0 unspecified atom stereocenters. The molecule has 0 aliphatic rings. The number of aliphatic carboxylic acids is 1. The van der Waals surface area contributed by atoms with E-state index in [1.54, 1.807) is 18.2 Å². The Bertz CT molecular complexity index is 1040. The number of nitrogens with zero attached hydrogens (tertiary/aromatic N) is 3. The third kappa shape index (κ3) is 4.62. The molecule has 0 saturated carbocycles. The van der Waals surface area contributed by atoms with Gasteiger partial charge < -0.3 is 9.84 Å². The Morgan fingerprint density at radius 3 is 2.34 bits per heavy atom. The molecule has 0 spiro atoms. The van der Waals surface area contributed by atoms with Gasteiger partial charge in [-0.25, -0.2) is 0 Å². The minimum absolute atomic E-state index is 0.113. The Labute approximate surface area is 166 Å². The number of amides is 1. The maximum atomic E-state index is 13.1. The molecule has 3 rings (SSSR count). The second kappa shape index (κ2) is 8.75. The van der Waals surface area contributed by atoms with E-state index < -0.39 is 18.4 Å². The second-order valence-electron chi connectivity index (χ2n) is 5.98. The van der Waals surface area contributed by atoms with E-state index in [1.807, 2.05) is 0 Å². The molecule has 0 atom stereocenters. The maximum Gasteiger partial charge on any atom is 0.323 e. The number of ketones is 1. The van der Waals surface area contributed by atoms with Gasteiger partial charge in [0.1, 0.15) is 18.0 Å². The first-order valence-electron chi connectivity index (χ1n) is 8.58. The van der Waals surface area contributed by atoms with Crippen molar-refractivity contribution >= 4 is 23.3 Å². The Kier molecular flexibility index (Phi) is 5.94. The highest BCUT2D eigenvalue weighted by atomic mass is 16.5. The number of methoxy groups -OCH3 is 1. The van der Waals surface area contributed by atoms with Crippen molar-refractivity contribution in [2.45, 2.75) is 0 Å². The van der Waals surface area contributed by atoms with E-state index in [2.05, 4.69) is 9.97 Å². The van der Waals surface area contributed by atoms with E-state index in [9.17, 15) is 19.5 Å². The SMILES string of the molecule is COc1cc(C(=O)c2ccccn2)cc(C(=O)N(CC(=O)O)c2ccncc2)c1. The highest BCUT2D eigenvalue weighted by molar-refractivity contribution is 6.12. The fourth-order valence-electron chi connectivity index (χ4n) is 2.71. The molecule has 0 bridgehead atoms. The van der Waals surface area contributed by atoms with E-state index in [0.29, 0.717) is 11.4 Å². The first-order chi connectivity index (χ1) is 14.0. The van der Waals surface area contributed by atoms with E-state index in [-0.39, 0.29) is 22.6 Å². The monoisotopic (exact) mass is 391 g/mol. The molecule has 8 heteroatoms. The number of carboxylic acids is 1. The van der Waals surface area contributed by atoms with Gasteiger partial charge in [0, 0.05) is 35.4 Å². The predicted octanol–water partition coefficient (Wildman–Crippen LogP) is 2.45. The van der Waals surface area contributed by atoms with Crippen LogP contribution in [0, 0.1) is 0 Å². The van der Waals surface area contributed by atoms with E-state index in [4.69, 9.17) is 4.74 Å². The molecule has 0 fully saturated rings. The summed E-state index contributed by atoms with van der Waals surface area (Å²) in [6.45, 7) is -0.552. The summed E-state index contributed by atoms with van der Waals surface area (Å²) in [6, 6.07) is 12.4. The van der Waals surface area contributed by atoms with Crippen molar-refractivity contribution in [1.29, 1.82) is 0 Å². The lowest BCUT2D eigenvalue weighted by atomic mass is 10.0. The van der Waals surface area contributed by atoms with Gasteiger partial charge >= 0.3 is 5.97 Å². The van der Waals surface area contributed by atoms with Crippen molar-refractivity contribution in [2.24, 2.45) is 0 Å². The van der Waals surface area contributed by atoms with Crippen molar-refractivity contribution in [3.63, 3.8) is 0 Å². The minimum atomic E-state index is -1.18. The predicted molar refractivity (Wildman–Crippen MR) is 104 cm³/mol. The normalized spacial score (nSPS) is 10.2. The van der Waals surface area contributed by atoms with Crippen molar-refractivity contribution in [1.82, 2.24) is 9.97 Å². The highest BCUT2D eigenvalue weighted by Gasteiger charge is 2.23. The molecule has 0 aliphatic carbocycles. The first-order valence-corrected chi connectivity index (χ1v) is 8.58. The number of carbonyl (C=O) groups is 3. The standard InChI is InChI=1S/C21H17N3O5/c1-29-17-11-14(20(27)18-4-2-3-7-23-18)10-15(12-17)21(28)24(13-19(25)26)16-5-8-22-9-6-16/h2-12H,13H2,1H3,(H,25,26). The van der Waals surface area contributed by atoms with Crippen LogP contribution in [0.15, 0.2) is 67.1 Å². The molecule has 0 radical (unpaired) electrons. The fraction of sp³-hybridized carbons (Fsp3) is 0.0952. The fourth-order valence-corrected chi connectivity index (χ4v) is 2.71. The molecule has 1 N–H and O–H groups in total. The molecule has 146 valence electrons. The van der Waals surface area contributed by atoms with Gasteiger partial charge in [0.15, 0.2) is 0 Å². The van der Waals surface area contributed by atoms with Gasteiger partial charge in [-0.3, -0.25) is 29.3 Å². The molecule has 2 aromatic heterocycles. The molecule has 1 amide bonds. The number of benzene rings is 1. The molecule has 2 heterocycles. The molecular weight excluding hydrogens is 374 g/mol. The zero-order valence-corrected chi connectivity index (χ0v) is 15.5. The number of hydrogen-bond acceptors (Lipinski definition) is 6. The number of anilines is 1. The van der Waals surface area contributed by atoms with Gasteiger partial charge in [-0.15, -0.1) is 0 Å². The van der Waals surface area contributed by atoms with E-state index in [1.165, 1.54) is 56.0 Å². The Morgan fingerprint density at radius 2 is 1.72 bits per heavy atom. The summed E-state index contributed by atoms with van der Waals surface area (Å²) >= 11 is 0. The van der Waals surface area contributed by atoms with Crippen molar-refractivity contribution < 1.29 is 24.2 Å². The Balaban J connectivity index is 2.03. The Hall–Kier alpha value is -4.07. The number of carbonyl (C=O) groups excluding carboxylic acids is 2. The topological polar surface area (TPSA) is 110 Å². The molecule has 8 nitrogen and oxygen atoms in total. The summed E-state index contributed by atoms with van der Waals surface area (Å²) in [6.07, 6.45) is 4.41. The van der Waals surface area contributed by atoms with Crippen LogP contribution in [-0.4, -0.2) is 46.4 Å². The number of rotatable bonds is 7. The summed E-state index contributed by atoms with van der Waals surface area (Å²) in [7, 11) is 1.41. The largest absolute Gasteiger partial charge is 0.497 e. The zero-order valence-electron chi connectivity index (χ0n) is 15.5. The van der Waals surface area contributed by atoms with Crippen LogP contribution < -0.4 is 9.64 Å². The lowest BCUT2D eigenvalue weighted by Gasteiger charge is -2.21. The van der Waals surface area contributed by atoms with Crippen LogP contribution >= 0.6 is 0 Å². The number of aromatic nitrogens is 2. The van der Waals surface area contributed by atoms with Crippen LogP contribution in [0.25, 0.3) is 0 Å². The van der Waals surface area contributed by atoms with Gasteiger partial charge in [-0.05, 0) is 42.5 Å². The summed E-state index contributed by atoms with van der Waals surface area (Å²) in [5, 5.41) is 9.24. The van der Waals surface area contributed by atoms with Crippen molar-refractivity contribution in [3.8, 4) is 5.75 Å². The van der Waals surface area contributed by atoms with Crippen LogP contribution in [0.3, 0.4) is 0 Å². The molecule has 29 heavy (non-hydrogen) atoms. The van der Waals surface area contributed by atoms with Crippen LogP contribution in [0.5, 0.6) is 5.75 Å². The zero-order chi connectivity index (χ0) is 20.8. The second-order valence-corrected chi connectivity index (χ2v) is 5.98. The maximum absolute atomic E-state index is 13.1. The lowest BCUT2D eigenvalue weighted by Crippen LogP contribution is -2.35. The van der Waals surface area contributed by atoms with Gasteiger partial charge in [-0.1, -0.05) is 6.07 Å². The van der Waals surface area contributed by atoms with Gasteiger partial charge in [-0.2, -0.15) is 0 Å². The number of hydrogen-bond donors (Lipinski definition) is 1. The highest BCUT2D eigenvalue weighted by Crippen LogP contribution is 2.23. The smallest absolute Gasteiger partial charge is 0.323 e. The first kappa shape index (κ1) is 19.7. The Morgan fingerprint density at radius 1 is 1.00 bits per heavy atom. The number of pyridine rings is 2.